The van der Waals surface area contributed by atoms with Gasteiger partial charge in [-0.1, -0.05) is 30.4 Å². The van der Waals surface area contributed by atoms with E-state index in [4.69, 9.17) is 24.8 Å². The van der Waals surface area contributed by atoms with Gasteiger partial charge >= 0.3 is 11.9 Å². The van der Waals surface area contributed by atoms with Gasteiger partial charge in [-0.2, -0.15) is 0 Å². The predicted molar refractivity (Wildman–Crippen MR) is 151 cm³/mol. The molecule has 13 nitrogen and oxygen atoms in total. The third kappa shape index (κ3) is 6.21. The summed E-state index contributed by atoms with van der Waals surface area (Å²) in [5.41, 5.74) is 11.8. The van der Waals surface area contributed by atoms with Crippen molar-refractivity contribution in [3.63, 3.8) is 0 Å². The number of carboxylic acids is 2. The largest absolute Gasteiger partial charge is 0.481 e. The van der Waals surface area contributed by atoms with Crippen molar-refractivity contribution in [2.75, 3.05) is 6.61 Å². The molecule has 216 valence electrons. The van der Waals surface area contributed by atoms with E-state index in [2.05, 4.69) is 19.9 Å². The molecule has 0 radical (unpaired) electrons. The summed E-state index contributed by atoms with van der Waals surface area (Å²) in [6.45, 7) is -0.683. The van der Waals surface area contributed by atoms with Crippen LogP contribution in [0.1, 0.15) is 54.1 Å². The summed E-state index contributed by atoms with van der Waals surface area (Å²) in [6.07, 6.45) is 8.64. The predicted octanol–water partition coefficient (Wildman–Crippen LogP) is 5.63. The van der Waals surface area contributed by atoms with E-state index < -0.39 is 30.5 Å². The van der Waals surface area contributed by atoms with Crippen molar-refractivity contribution < 1.29 is 33.8 Å². The van der Waals surface area contributed by atoms with Gasteiger partial charge in [0.2, 0.25) is 0 Å². The fourth-order valence-corrected chi connectivity index (χ4v) is 5.29. The van der Waals surface area contributed by atoms with Crippen LogP contribution in [0.5, 0.6) is 5.75 Å². The highest BCUT2D eigenvalue weighted by Gasteiger charge is 2.25. The van der Waals surface area contributed by atoms with Gasteiger partial charge in [-0.15, -0.1) is 0 Å². The Morgan fingerprint density at radius 1 is 1.14 bits per heavy atom. The minimum absolute atomic E-state index is 0.0180. The lowest BCUT2D eigenvalue weighted by atomic mass is 9.95. The number of nitrogens with one attached hydrogen (secondary N) is 1. The minimum Gasteiger partial charge on any atom is -0.481 e. The number of ether oxygens (including phenoxy) is 1. The molecule has 0 aliphatic heterocycles. The van der Waals surface area contributed by atoms with Gasteiger partial charge in [0.1, 0.15) is 23.9 Å². The van der Waals surface area contributed by atoms with Gasteiger partial charge in [0.25, 0.3) is 5.91 Å². The molecule has 3 N–H and O–H groups in total. The second kappa shape index (κ2) is 12.5. The Morgan fingerprint density at radius 2 is 1.95 bits per heavy atom. The van der Waals surface area contributed by atoms with Crippen LogP contribution in [-0.2, 0) is 16.0 Å². The average molecular weight is 573 g/mol. The molecule has 4 aromatic rings. The second-order valence-corrected chi connectivity index (χ2v) is 10.1. The lowest BCUT2D eigenvalue weighted by Gasteiger charge is -2.25. The normalized spacial score (nSPS) is 14.2. The Morgan fingerprint density at radius 3 is 2.64 bits per heavy atom. The van der Waals surface area contributed by atoms with E-state index in [9.17, 15) is 19.5 Å². The number of furan rings is 1. The van der Waals surface area contributed by atoms with Gasteiger partial charge < -0.3 is 29.3 Å². The standard InChI is InChI=1S/C29H28N6O7/c30-34-33-21-8-6-17(13-25(21)42-16-26(36)37)12-23(29(39)40)32-28(38)18-7-9-24-22(14-18)31-27(19-10-11-41-15-19)35(24)20-4-2-1-3-5-20/h6-11,13-15,20,23H,1-5,12,16H2,(H,32,38)(H,36,37)(H,39,40)/t23-/m0/s1. The molecule has 0 saturated heterocycles. The van der Waals surface area contributed by atoms with Crippen molar-refractivity contribution >= 4 is 34.6 Å². The number of hydrogen-bond acceptors (Lipinski definition) is 7. The second-order valence-electron chi connectivity index (χ2n) is 10.1. The minimum atomic E-state index is -1.31. The number of fused-ring (bicyclic) bond motifs is 1. The van der Waals surface area contributed by atoms with Gasteiger partial charge in [-0.3, -0.25) is 4.79 Å². The quantitative estimate of drug-likeness (QED) is 0.117. The van der Waals surface area contributed by atoms with Crippen molar-refractivity contribution in [3.05, 3.63) is 76.6 Å². The third-order valence-corrected chi connectivity index (χ3v) is 7.24. The number of carbonyl (C=O) groups is 3. The molecule has 0 bridgehead atoms. The number of imidazole rings is 1. The van der Waals surface area contributed by atoms with Crippen LogP contribution in [0.25, 0.3) is 32.9 Å². The fraction of sp³-hybridized carbons (Fsp3) is 0.310. The van der Waals surface area contributed by atoms with Crippen LogP contribution in [0.2, 0.25) is 0 Å². The summed E-state index contributed by atoms with van der Waals surface area (Å²) >= 11 is 0. The van der Waals surface area contributed by atoms with E-state index in [0.29, 0.717) is 11.1 Å². The molecule has 2 aromatic heterocycles. The third-order valence-electron chi connectivity index (χ3n) is 7.24. The molecule has 1 atom stereocenters. The Kier molecular flexibility index (Phi) is 8.39. The SMILES string of the molecule is [N-]=[N+]=Nc1ccc(C[C@H](NC(=O)c2ccc3c(c2)nc(-c2ccoc2)n3C2CCCCC2)C(=O)O)cc1OCC(=O)O. The summed E-state index contributed by atoms with van der Waals surface area (Å²) in [5.74, 6) is -2.34. The number of carbonyl (C=O) groups excluding carboxylic acids is 1. The van der Waals surface area contributed by atoms with E-state index in [1.54, 1.807) is 24.7 Å². The van der Waals surface area contributed by atoms with E-state index in [-0.39, 0.29) is 29.5 Å². The zero-order valence-corrected chi connectivity index (χ0v) is 22.5. The highest BCUT2D eigenvalue weighted by Crippen LogP contribution is 2.36. The van der Waals surface area contributed by atoms with Gasteiger partial charge in [0.05, 0.1) is 28.5 Å². The van der Waals surface area contributed by atoms with Crippen molar-refractivity contribution in [3.8, 4) is 17.1 Å². The first-order chi connectivity index (χ1) is 20.3. The van der Waals surface area contributed by atoms with Gasteiger partial charge in [-0.05, 0) is 60.3 Å². The number of aromatic nitrogens is 2. The first-order valence-corrected chi connectivity index (χ1v) is 13.4. The zero-order chi connectivity index (χ0) is 29.6. The van der Waals surface area contributed by atoms with Crippen LogP contribution in [0, 0.1) is 0 Å². The van der Waals surface area contributed by atoms with Crippen LogP contribution in [0.4, 0.5) is 5.69 Å². The van der Waals surface area contributed by atoms with E-state index in [1.807, 2.05) is 12.1 Å². The lowest BCUT2D eigenvalue weighted by molar-refractivity contribution is -0.140. The summed E-state index contributed by atoms with van der Waals surface area (Å²) in [7, 11) is 0. The smallest absolute Gasteiger partial charge is 0.341 e. The van der Waals surface area contributed by atoms with E-state index in [0.717, 1.165) is 42.6 Å². The van der Waals surface area contributed by atoms with Crippen LogP contribution in [-0.4, -0.2) is 50.3 Å². The van der Waals surface area contributed by atoms with Gasteiger partial charge in [0, 0.05) is 22.9 Å². The van der Waals surface area contributed by atoms with Crippen molar-refractivity contribution in [2.24, 2.45) is 5.11 Å². The van der Waals surface area contributed by atoms with Crippen molar-refractivity contribution in [1.82, 2.24) is 14.9 Å². The summed E-state index contributed by atoms with van der Waals surface area (Å²) in [6, 6.07) is 10.3. The van der Waals surface area contributed by atoms with Gasteiger partial charge in [-0.25, -0.2) is 14.6 Å². The van der Waals surface area contributed by atoms with E-state index >= 15 is 0 Å². The molecule has 1 fully saturated rings. The first-order valence-electron chi connectivity index (χ1n) is 13.4. The molecule has 2 heterocycles. The average Bonchev–Trinajstić information content (AvgIpc) is 3.65. The maximum Gasteiger partial charge on any atom is 0.341 e. The zero-order valence-electron chi connectivity index (χ0n) is 22.5. The number of aliphatic carboxylic acids is 2. The lowest BCUT2D eigenvalue weighted by Crippen LogP contribution is -2.42. The Hall–Kier alpha value is -5.29. The Balaban J connectivity index is 1.39. The maximum atomic E-state index is 13.2. The van der Waals surface area contributed by atoms with Crippen molar-refractivity contribution in [2.45, 2.75) is 50.6 Å². The molecule has 1 saturated carbocycles. The number of carboxylic acid groups (broad SMARTS) is 2. The number of nitrogens with zero attached hydrogens (tertiary/aromatic N) is 5. The number of benzene rings is 2. The monoisotopic (exact) mass is 572 g/mol. The molecule has 1 aliphatic carbocycles. The highest BCUT2D eigenvalue weighted by atomic mass is 16.5. The number of rotatable bonds is 11. The maximum absolute atomic E-state index is 13.2. The molecule has 5 rings (SSSR count). The Labute approximate surface area is 239 Å². The Bertz CT molecular complexity index is 1670. The molecular weight excluding hydrogens is 544 g/mol. The molecule has 1 amide bonds. The molecule has 0 unspecified atom stereocenters. The van der Waals surface area contributed by atoms with Gasteiger partial charge in [0.15, 0.2) is 6.61 Å². The summed E-state index contributed by atoms with van der Waals surface area (Å²) in [5, 5.41) is 24.8. The summed E-state index contributed by atoms with van der Waals surface area (Å²) < 4.78 is 12.7. The number of hydrogen-bond donors (Lipinski definition) is 3. The molecule has 13 heteroatoms. The molecule has 42 heavy (non-hydrogen) atoms. The topological polar surface area (TPSA) is 193 Å². The van der Waals surface area contributed by atoms with Crippen molar-refractivity contribution in [1.29, 1.82) is 0 Å². The highest BCUT2D eigenvalue weighted by molar-refractivity contribution is 5.99. The number of azide groups is 1. The number of amides is 1. The van der Waals surface area contributed by atoms with Crippen LogP contribution in [0.15, 0.2) is 64.5 Å². The molecular formula is C29H28N6O7. The molecule has 1 aliphatic rings. The first kappa shape index (κ1) is 28.2. The van der Waals surface area contributed by atoms with Crippen LogP contribution >= 0.6 is 0 Å². The summed E-state index contributed by atoms with van der Waals surface area (Å²) in [4.78, 5) is 43.8. The van der Waals surface area contributed by atoms with Crippen LogP contribution in [0.3, 0.4) is 0 Å². The molecule has 0 spiro atoms. The van der Waals surface area contributed by atoms with E-state index in [1.165, 1.54) is 24.6 Å². The fourth-order valence-electron chi connectivity index (χ4n) is 5.29. The van der Waals surface area contributed by atoms with Crippen LogP contribution < -0.4 is 10.1 Å². The molecule has 2 aromatic carbocycles.